The highest BCUT2D eigenvalue weighted by Crippen LogP contribution is 2.27. The zero-order valence-corrected chi connectivity index (χ0v) is 14.2. The van der Waals surface area contributed by atoms with Crippen LogP contribution in [0, 0.1) is 0 Å². The third kappa shape index (κ3) is 3.29. The third-order valence-electron chi connectivity index (χ3n) is 3.96. The van der Waals surface area contributed by atoms with Crippen LogP contribution in [0.25, 0.3) is 0 Å². The Morgan fingerprint density at radius 2 is 1.96 bits per heavy atom. The van der Waals surface area contributed by atoms with Gasteiger partial charge in [-0.3, -0.25) is 4.79 Å². The molecule has 8 heteroatoms. The first-order valence-electron chi connectivity index (χ1n) is 7.86. The summed E-state index contributed by atoms with van der Waals surface area (Å²) in [6.07, 6.45) is 3.83. The Balaban J connectivity index is 1.46. The van der Waals surface area contributed by atoms with Gasteiger partial charge in [0, 0.05) is 35.9 Å². The number of rotatable bonds is 3. The SMILES string of the molecule is Nc1nc2c(s1)CN(C(=O)c1cnc(Nc3ccccc3)nc1)CC2. The molecule has 0 aliphatic carbocycles. The molecule has 0 atom stereocenters. The maximum Gasteiger partial charge on any atom is 0.257 e. The summed E-state index contributed by atoms with van der Waals surface area (Å²) >= 11 is 1.44. The average molecular weight is 352 g/mol. The number of para-hydroxylation sites is 1. The highest BCUT2D eigenvalue weighted by molar-refractivity contribution is 7.15. The highest BCUT2D eigenvalue weighted by atomic mass is 32.1. The van der Waals surface area contributed by atoms with E-state index in [-0.39, 0.29) is 5.91 Å². The molecule has 2 aromatic heterocycles. The van der Waals surface area contributed by atoms with Crippen molar-refractivity contribution in [2.24, 2.45) is 0 Å². The third-order valence-corrected chi connectivity index (χ3v) is 4.88. The fourth-order valence-electron chi connectivity index (χ4n) is 2.72. The van der Waals surface area contributed by atoms with E-state index in [0.717, 1.165) is 22.7 Å². The lowest BCUT2D eigenvalue weighted by Crippen LogP contribution is -2.35. The van der Waals surface area contributed by atoms with Gasteiger partial charge in [-0.1, -0.05) is 18.2 Å². The van der Waals surface area contributed by atoms with Crippen LogP contribution in [0.4, 0.5) is 16.8 Å². The maximum atomic E-state index is 12.7. The van der Waals surface area contributed by atoms with Crippen LogP contribution in [0.5, 0.6) is 0 Å². The van der Waals surface area contributed by atoms with E-state index in [1.165, 1.54) is 11.3 Å². The molecule has 0 radical (unpaired) electrons. The molecule has 0 bridgehead atoms. The van der Waals surface area contributed by atoms with Crippen LogP contribution in [0.2, 0.25) is 0 Å². The first kappa shape index (κ1) is 15.5. The predicted octanol–water partition coefficient (Wildman–Crippen LogP) is 2.46. The van der Waals surface area contributed by atoms with E-state index in [0.29, 0.717) is 29.7 Å². The van der Waals surface area contributed by atoms with Gasteiger partial charge in [0.2, 0.25) is 5.95 Å². The smallest absolute Gasteiger partial charge is 0.257 e. The minimum absolute atomic E-state index is 0.0797. The van der Waals surface area contributed by atoms with Crippen molar-refractivity contribution in [3.63, 3.8) is 0 Å². The molecule has 126 valence electrons. The second-order valence-electron chi connectivity index (χ2n) is 5.69. The number of hydrogen-bond acceptors (Lipinski definition) is 7. The monoisotopic (exact) mass is 352 g/mol. The van der Waals surface area contributed by atoms with Crippen LogP contribution in [0.3, 0.4) is 0 Å². The summed E-state index contributed by atoms with van der Waals surface area (Å²) in [4.78, 5) is 28.3. The number of aromatic nitrogens is 3. The molecule has 1 aromatic carbocycles. The van der Waals surface area contributed by atoms with Crippen LogP contribution in [0.15, 0.2) is 42.7 Å². The number of carbonyl (C=O) groups is 1. The topological polar surface area (TPSA) is 97.0 Å². The minimum atomic E-state index is -0.0797. The van der Waals surface area contributed by atoms with Gasteiger partial charge in [0.1, 0.15) is 0 Å². The first-order valence-corrected chi connectivity index (χ1v) is 8.68. The number of benzene rings is 1. The van der Waals surface area contributed by atoms with Crippen molar-refractivity contribution in [1.82, 2.24) is 19.9 Å². The Morgan fingerprint density at radius 1 is 1.20 bits per heavy atom. The number of nitrogen functional groups attached to an aromatic ring is 1. The van der Waals surface area contributed by atoms with E-state index in [9.17, 15) is 4.79 Å². The van der Waals surface area contributed by atoms with Gasteiger partial charge in [-0.05, 0) is 12.1 Å². The Labute approximate surface area is 148 Å². The summed E-state index contributed by atoms with van der Waals surface area (Å²) in [7, 11) is 0. The second kappa shape index (κ2) is 6.48. The van der Waals surface area contributed by atoms with Crippen LogP contribution in [0.1, 0.15) is 20.9 Å². The largest absolute Gasteiger partial charge is 0.375 e. The molecule has 1 aliphatic rings. The summed E-state index contributed by atoms with van der Waals surface area (Å²) in [5.74, 6) is 0.378. The van der Waals surface area contributed by atoms with Gasteiger partial charge in [-0.15, -0.1) is 11.3 Å². The minimum Gasteiger partial charge on any atom is -0.375 e. The van der Waals surface area contributed by atoms with Gasteiger partial charge in [0.15, 0.2) is 5.13 Å². The van der Waals surface area contributed by atoms with Gasteiger partial charge < -0.3 is 16.0 Å². The zero-order chi connectivity index (χ0) is 17.2. The molecule has 1 aliphatic heterocycles. The Hall–Kier alpha value is -3.00. The van der Waals surface area contributed by atoms with Crippen molar-refractivity contribution in [3.8, 4) is 0 Å². The van der Waals surface area contributed by atoms with Gasteiger partial charge >= 0.3 is 0 Å². The number of nitrogens with zero attached hydrogens (tertiary/aromatic N) is 4. The molecular weight excluding hydrogens is 336 g/mol. The first-order chi connectivity index (χ1) is 12.2. The number of anilines is 3. The van der Waals surface area contributed by atoms with E-state index < -0.39 is 0 Å². The van der Waals surface area contributed by atoms with Crippen molar-refractivity contribution in [1.29, 1.82) is 0 Å². The number of fused-ring (bicyclic) bond motifs is 1. The molecule has 3 heterocycles. The summed E-state index contributed by atoms with van der Waals surface area (Å²) in [5, 5.41) is 3.65. The fraction of sp³-hybridized carbons (Fsp3) is 0.176. The second-order valence-corrected chi connectivity index (χ2v) is 6.80. The maximum absolute atomic E-state index is 12.7. The van der Waals surface area contributed by atoms with Crippen molar-refractivity contribution in [3.05, 3.63) is 58.9 Å². The van der Waals surface area contributed by atoms with Crippen molar-refractivity contribution < 1.29 is 4.79 Å². The number of nitrogens with two attached hydrogens (primary N) is 1. The van der Waals surface area contributed by atoms with Crippen molar-refractivity contribution in [2.45, 2.75) is 13.0 Å². The van der Waals surface area contributed by atoms with Gasteiger partial charge in [-0.2, -0.15) is 0 Å². The molecule has 0 fully saturated rings. The number of hydrogen-bond donors (Lipinski definition) is 2. The lowest BCUT2D eigenvalue weighted by atomic mass is 10.1. The fourth-order valence-corrected chi connectivity index (χ4v) is 3.62. The molecule has 4 rings (SSSR count). The number of thiazole rings is 1. The van der Waals surface area contributed by atoms with Gasteiger partial charge in [-0.25, -0.2) is 15.0 Å². The summed E-state index contributed by atoms with van der Waals surface area (Å²) < 4.78 is 0. The van der Waals surface area contributed by atoms with Crippen LogP contribution < -0.4 is 11.1 Å². The molecule has 25 heavy (non-hydrogen) atoms. The standard InChI is InChI=1S/C17H16N6OS/c18-16-22-13-6-7-23(10-14(13)25-16)15(24)11-8-19-17(20-9-11)21-12-4-2-1-3-5-12/h1-5,8-9H,6-7,10H2,(H2,18,22)(H,19,20,21). The lowest BCUT2D eigenvalue weighted by molar-refractivity contribution is 0.0735. The summed E-state index contributed by atoms with van der Waals surface area (Å²) in [6, 6.07) is 9.64. The molecule has 7 nitrogen and oxygen atoms in total. The molecule has 0 saturated heterocycles. The normalized spacial score (nSPS) is 13.4. The molecular formula is C17H16N6OS. The summed E-state index contributed by atoms with van der Waals surface area (Å²) in [6.45, 7) is 1.16. The zero-order valence-electron chi connectivity index (χ0n) is 13.3. The van der Waals surface area contributed by atoms with E-state index in [1.807, 2.05) is 30.3 Å². The number of carbonyl (C=O) groups excluding carboxylic acids is 1. The number of nitrogens with one attached hydrogen (secondary N) is 1. The van der Waals surface area contributed by atoms with Crippen LogP contribution >= 0.6 is 11.3 Å². The predicted molar refractivity (Wildman–Crippen MR) is 96.7 cm³/mol. The highest BCUT2D eigenvalue weighted by Gasteiger charge is 2.24. The van der Waals surface area contributed by atoms with Crippen molar-refractivity contribution in [2.75, 3.05) is 17.6 Å². The van der Waals surface area contributed by atoms with Crippen molar-refractivity contribution >= 4 is 34.0 Å². The molecule has 1 amide bonds. The van der Waals surface area contributed by atoms with E-state index in [1.54, 1.807) is 17.3 Å². The molecule has 0 unspecified atom stereocenters. The average Bonchev–Trinajstić information content (AvgIpc) is 3.02. The number of amides is 1. The molecule has 3 aromatic rings. The molecule has 0 saturated carbocycles. The Bertz CT molecular complexity index is 893. The van der Waals surface area contributed by atoms with Crippen LogP contribution in [-0.4, -0.2) is 32.3 Å². The van der Waals surface area contributed by atoms with E-state index >= 15 is 0 Å². The Kier molecular flexibility index (Phi) is 4.02. The lowest BCUT2D eigenvalue weighted by Gasteiger charge is -2.25. The van der Waals surface area contributed by atoms with E-state index in [2.05, 4.69) is 20.3 Å². The summed E-state index contributed by atoms with van der Waals surface area (Å²) in [5.41, 5.74) is 8.12. The van der Waals surface area contributed by atoms with Gasteiger partial charge in [0.25, 0.3) is 5.91 Å². The quantitative estimate of drug-likeness (QED) is 0.751. The molecule has 3 N–H and O–H groups in total. The van der Waals surface area contributed by atoms with Crippen LogP contribution in [-0.2, 0) is 13.0 Å². The van der Waals surface area contributed by atoms with Gasteiger partial charge in [0.05, 0.1) is 17.8 Å². The van der Waals surface area contributed by atoms with E-state index in [4.69, 9.17) is 5.73 Å². The molecule has 0 spiro atoms. The Morgan fingerprint density at radius 3 is 2.72 bits per heavy atom.